The SMILES string of the molecule is CNC(c1ccc(Br)s1)c1ccc(OC)c(Cl)c1OC. The molecule has 0 radical (unpaired) electrons. The summed E-state index contributed by atoms with van der Waals surface area (Å²) < 4.78 is 11.8. The van der Waals surface area contributed by atoms with E-state index in [9.17, 15) is 0 Å². The first-order chi connectivity index (χ1) is 9.62. The van der Waals surface area contributed by atoms with Crippen LogP contribution in [-0.2, 0) is 0 Å². The molecule has 2 aromatic rings. The van der Waals surface area contributed by atoms with Crippen LogP contribution >= 0.6 is 38.9 Å². The minimum absolute atomic E-state index is 0.0182. The van der Waals surface area contributed by atoms with E-state index in [0.29, 0.717) is 16.5 Å². The fraction of sp³-hybridized carbons (Fsp3) is 0.286. The van der Waals surface area contributed by atoms with E-state index < -0.39 is 0 Å². The molecule has 0 aliphatic carbocycles. The zero-order chi connectivity index (χ0) is 14.7. The number of ether oxygens (including phenoxy) is 2. The van der Waals surface area contributed by atoms with E-state index in [1.54, 1.807) is 25.6 Å². The van der Waals surface area contributed by atoms with E-state index in [2.05, 4.69) is 27.3 Å². The monoisotopic (exact) mass is 375 g/mol. The second-order valence-electron chi connectivity index (χ2n) is 4.07. The number of halogens is 2. The van der Waals surface area contributed by atoms with Crippen molar-refractivity contribution in [2.24, 2.45) is 0 Å². The van der Waals surface area contributed by atoms with Crippen LogP contribution in [0, 0.1) is 0 Å². The van der Waals surface area contributed by atoms with E-state index >= 15 is 0 Å². The average molecular weight is 377 g/mol. The summed E-state index contributed by atoms with van der Waals surface area (Å²) in [6.45, 7) is 0. The molecule has 0 spiro atoms. The van der Waals surface area contributed by atoms with Crippen molar-refractivity contribution in [3.63, 3.8) is 0 Å². The largest absolute Gasteiger partial charge is 0.495 e. The molecule has 1 atom stereocenters. The lowest BCUT2D eigenvalue weighted by molar-refractivity contribution is 0.389. The maximum absolute atomic E-state index is 6.32. The lowest BCUT2D eigenvalue weighted by Crippen LogP contribution is -2.17. The molecule has 1 N–H and O–H groups in total. The highest BCUT2D eigenvalue weighted by atomic mass is 79.9. The lowest BCUT2D eigenvalue weighted by atomic mass is 10.0. The summed E-state index contributed by atoms with van der Waals surface area (Å²) in [6, 6.07) is 7.95. The Kier molecular flexibility index (Phi) is 5.32. The summed E-state index contributed by atoms with van der Waals surface area (Å²) in [7, 11) is 5.11. The Bertz CT molecular complexity index is 603. The highest BCUT2D eigenvalue weighted by Crippen LogP contribution is 2.42. The van der Waals surface area contributed by atoms with Gasteiger partial charge < -0.3 is 14.8 Å². The number of methoxy groups -OCH3 is 2. The maximum Gasteiger partial charge on any atom is 0.146 e. The standard InChI is InChI=1S/C14H15BrClNO2S/c1-17-13(10-6-7-11(15)20-10)8-4-5-9(18-2)12(16)14(8)19-3/h4-7,13,17H,1-3H3. The van der Waals surface area contributed by atoms with Gasteiger partial charge in [0.2, 0.25) is 0 Å². The second-order valence-corrected chi connectivity index (χ2v) is 6.94. The van der Waals surface area contributed by atoms with E-state index in [4.69, 9.17) is 21.1 Å². The highest BCUT2D eigenvalue weighted by molar-refractivity contribution is 9.11. The Morgan fingerprint density at radius 1 is 1.20 bits per heavy atom. The van der Waals surface area contributed by atoms with E-state index in [-0.39, 0.29) is 6.04 Å². The van der Waals surface area contributed by atoms with Crippen molar-refractivity contribution in [3.8, 4) is 11.5 Å². The lowest BCUT2D eigenvalue weighted by Gasteiger charge is -2.20. The molecular formula is C14H15BrClNO2S. The van der Waals surface area contributed by atoms with Crippen LogP contribution in [0.2, 0.25) is 5.02 Å². The molecule has 20 heavy (non-hydrogen) atoms. The molecule has 1 unspecified atom stereocenters. The maximum atomic E-state index is 6.32. The summed E-state index contributed by atoms with van der Waals surface area (Å²) in [4.78, 5) is 1.18. The van der Waals surface area contributed by atoms with Gasteiger partial charge in [0.15, 0.2) is 0 Å². The van der Waals surface area contributed by atoms with Gasteiger partial charge in [-0.05, 0) is 47.2 Å². The molecule has 0 amide bonds. The molecule has 3 nitrogen and oxygen atoms in total. The third-order valence-electron chi connectivity index (χ3n) is 2.99. The molecule has 0 saturated carbocycles. The van der Waals surface area contributed by atoms with Crippen LogP contribution < -0.4 is 14.8 Å². The Balaban J connectivity index is 2.52. The first-order valence-electron chi connectivity index (χ1n) is 5.95. The van der Waals surface area contributed by atoms with Crippen LogP contribution in [0.1, 0.15) is 16.5 Å². The topological polar surface area (TPSA) is 30.5 Å². The zero-order valence-electron chi connectivity index (χ0n) is 11.4. The Labute approximate surface area is 136 Å². The quantitative estimate of drug-likeness (QED) is 0.834. The van der Waals surface area contributed by atoms with Gasteiger partial charge in [0.25, 0.3) is 0 Å². The predicted molar refractivity (Wildman–Crippen MR) is 87.5 cm³/mol. The third-order valence-corrected chi connectivity index (χ3v) is 5.04. The molecule has 6 heteroatoms. The summed E-state index contributed by atoms with van der Waals surface area (Å²) in [5, 5.41) is 3.79. The Morgan fingerprint density at radius 3 is 2.45 bits per heavy atom. The normalized spacial score (nSPS) is 12.2. The number of hydrogen-bond donors (Lipinski definition) is 1. The van der Waals surface area contributed by atoms with Gasteiger partial charge in [-0.15, -0.1) is 11.3 Å². The predicted octanol–water partition coefficient (Wildman–Crippen LogP) is 4.49. The summed E-state index contributed by atoms with van der Waals surface area (Å²) >= 11 is 11.5. The van der Waals surface area contributed by atoms with Gasteiger partial charge in [0.05, 0.1) is 24.0 Å². The first-order valence-corrected chi connectivity index (χ1v) is 7.94. The first kappa shape index (κ1) is 15.6. The van der Waals surface area contributed by atoms with Crippen molar-refractivity contribution in [1.82, 2.24) is 5.32 Å². The van der Waals surface area contributed by atoms with E-state index in [1.165, 1.54) is 4.88 Å². The molecular weight excluding hydrogens is 362 g/mol. The van der Waals surface area contributed by atoms with Crippen LogP contribution in [0.4, 0.5) is 0 Å². The smallest absolute Gasteiger partial charge is 0.146 e. The van der Waals surface area contributed by atoms with Crippen LogP contribution in [0.3, 0.4) is 0 Å². The van der Waals surface area contributed by atoms with Crippen molar-refractivity contribution < 1.29 is 9.47 Å². The number of rotatable bonds is 5. The number of nitrogens with one attached hydrogen (secondary N) is 1. The molecule has 1 aromatic heterocycles. The summed E-state index contributed by atoms with van der Waals surface area (Å²) in [6.07, 6.45) is 0. The van der Waals surface area contributed by atoms with Gasteiger partial charge in [-0.2, -0.15) is 0 Å². The fourth-order valence-corrected chi connectivity index (χ4v) is 3.96. The Morgan fingerprint density at radius 2 is 1.95 bits per heavy atom. The van der Waals surface area contributed by atoms with Crippen molar-refractivity contribution >= 4 is 38.9 Å². The third kappa shape index (κ3) is 2.96. The van der Waals surface area contributed by atoms with E-state index in [1.807, 2.05) is 25.2 Å². The van der Waals surface area contributed by atoms with Crippen molar-refractivity contribution in [3.05, 3.63) is 43.5 Å². The van der Waals surface area contributed by atoms with Gasteiger partial charge in [-0.3, -0.25) is 0 Å². The van der Waals surface area contributed by atoms with Crippen molar-refractivity contribution in [2.75, 3.05) is 21.3 Å². The second kappa shape index (κ2) is 6.80. The molecule has 0 aliphatic heterocycles. The molecule has 1 aromatic carbocycles. The minimum Gasteiger partial charge on any atom is -0.495 e. The van der Waals surface area contributed by atoms with Gasteiger partial charge in [0, 0.05) is 10.4 Å². The molecule has 0 bridgehead atoms. The van der Waals surface area contributed by atoms with Crippen molar-refractivity contribution in [1.29, 1.82) is 0 Å². The zero-order valence-corrected chi connectivity index (χ0v) is 14.5. The van der Waals surface area contributed by atoms with Gasteiger partial charge in [-0.1, -0.05) is 11.6 Å². The molecule has 0 aliphatic rings. The molecule has 0 fully saturated rings. The van der Waals surface area contributed by atoms with Crippen molar-refractivity contribution in [2.45, 2.75) is 6.04 Å². The number of thiophene rings is 1. The summed E-state index contributed by atoms with van der Waals surface area (Å²) in [5.74, 6) is 1.24. The average Bonchev–Trinajstić information content (AvgIpc) is 2.86. The molecule has 1 heterocycles. The molecule has 0 saturated heterocycles. The highest BCUT2D eigenvalue weighted by Gasteiger charge is 2.22. The number of hydrogen-bond acceptors (Lipinski definition) is 4. The van der Waals surface area contributed by atoms with Gasteiger partial charge in [0.1, 0.15) is 16.5 Å². The van der Waals surface area contributed by atoms with Crippen LogP contribution in [-0.4, -0.2) is 21.3 Å². The minimum atomic E-state index is 0.0182. The van der Waals surface area contributed by atoms with Crippen LogP contribution in [0.5, 0.6) is 11.5 Å². The molecule has 2 rings (SSSR count). The molecule has 108 valence electrons. The van der Waals surface area contributed by atoms with Crippen LogP contribution in [0.15, 0.2) is 28.1 Å². The van der Waals surface area contributed by atoms with Gasteiger partial charge in [-0.25, -0.2) is 0 Å². The van der Waals surface area contributed by atoms with Gasteiger partial charge >= 0.3 is 0 Å². The Hall–Kier alpha value is -0.750. The summed E-state index contributed by atoms with van der Waals surface area (Å²) in [5.41, 5.74) is 0.982. The number of benzene rings is 1. The fourth-order valence-electron chi connectivity index (χ4n) is 2.08. The van der Waals surface area contributed by atoms with E-state index in [0.717, 1.165) is 9.35 Å². The van der Waals surface area contributed by atoms with Crippen LogP contribution in [0.25, 0.3) is 0 Å².